The van der Waals surface area contributed by atoms with E-state index in [1.165, 1.54) is 4.90 Å². The predicted octanol–water partition coefficient (Wildman–Crippen LogP) is 1.32. The maximum atomic E-state index is 11.9. The minimum atomic E-state index is -0.518. The van der Waals surface area contributed by atoms with Crippen molar-refractivity contribution in [3.63, 3.8) is 0 Å². The third kappa shape index (κ3) is 13.0. The van der Waals surface area contributed by atoms with Crippen molar-refractivity contribution in [1.82, 2.24) is 20.9 Å². The molecule has 0 atom stereocenters. The SMILES string of the molecule is CCNC(=NCC(=O)NC(C)(C)C)NCCN(C)C(=O)OC(C)(C)C. The number of aliphatic imine (C=N–C) groups is 1. The van der Waals surface area contributed by atoms with Crippen LogP contribution in [-0.2, 0) is 9.53 Å². The van der Waals surface area contributed by atoms with Gasteiger partial charge in [-0.2, -0.15) is 0 Å². The normalized spacial score (nSPS) is 12.4. The van der Waals surface area contributed by atoms with Crippen molar-refractivity contribution in [3.8, 4) is 0 Å². The molecule has 0 aliphatic rings. The molecule has 3 N–H and O–H groups in total. The summed E-state index contributed by atoms with van der Waals surface area (Å²) in [6.07, 6.45) is -0.374. The molecule has 0 bridgehead atoms. The van der Waals surface area contributed by atoms with Crippen LogP contribution in [0.3, 0.4) is 0 Å². The van der Waals surface area contributed by atoms with Crippen LogP contribution >= 0.6 is 0 Å². The van der Waals surface area contributed by atoms with Gasteiger partial charge >= 0.3 is 6.09 Å². The number of rotatable bonds is 6. The molecule has 0 aromatic heterocycles. The van der Waals surface area contributed by atoms with Crippen LogP contribution in [0.5, 0.6) is 0 Å². The highest BCUT2D eigenvalue weighted by atomic mass is 16.6. The Labute approximate surface area is 151 Å². The monoisotopic (exact) mass is 357 g/mol. The molecule has 0 aromatic rings. The van der Waals surface area contributed by atoms with E-state index in [0.717, 1.165) is 0 Å². The number of amides is 2. The highest BCUT2D eigenvalue weighted by Gasteiger charge is 2.19. The Balaban J connectivity index is 4.42. The van der Waals surface area contributed by atoms with Crippen LogP contribution in [0.2, 0.25) is 0 Å². The first-order valence-electron chi connectivity index (χ1n) is 8.61. The summed E-state index contributed by atoms with van der Waals surface area (Å²) in [6.45, 7) is 14.8. The molecule has 0 saturated heterocycles. The van der Waals surface area contributed by atoms with Crippen molar-refractivity contribution in [1.29, 1.82) is 0 Å². The van der Waals surface area contributed by atoms with E-state index in [-0.39, 0.29) is 24.1 Å². The zero-order valence-electron chi connectivity index (χ0n) is 16.9. The van der Waals surface area contributed by atoms with Crippen molar-refractivity contribution in [2.75, 3.05) is 33.2 Å². The Morgan fingerprint density at radius 1 is 1.08 bits per heavy atom. The van der Waals surface area contributed by atoms with Crippen LogP contribution in [0.4, 0.5) is 4.79 Å². The fourth-order valence-electron chi connectivity index (χ4n) is 1.72. The molecule has 8 heteroatoms. The van der Waals surface area contributed by atoms with Gasteiger partial charge in [0.25, 0.3) is 0 Å². The van der Waals surface area contributed by atoms with Crippen LogP contribution in [0.1, 0.15) is 48.5 Å². The number of carbonyl (C=O) groups excluding carboxylic acids is 2. The minimum Gasteiger partial charge on any atom is -0.444 e. The molecule has 0 radical (unpaired) electrons. The van der Waals surface area contributed by atoms with Gasteiger partial charge in [-0.15, -0.1) is 0 Å². The number of guanidine groups is 1. The first-order valence-corrected chi connectivity index (χ1v) is 8.61. The maximum Gasteiger partial charge on any atom is 0.410 e. The molecule has 0 aromatic carbocycles. The van der Waals surface area contributed by atoms with Crippen molar-refractivity contribution in [3.05, 3.63) is 0 Å². The van der Waals surface area contributed by atoms with Crippen LogP contribution < -0.4 is 16.0 Å². The lowest BCUT2D eigenvalue weighted by Gasteiger charge is -2.25. The smallest absolute Gasteiger partial charge is 0.410 e. The van der Waals surface area contributed by atoms with Gasteiger partial charge < -0.3 is 25.6 Å². The zero-order valence-corrected chi connectivity index (χ0v) is 16.9. The zero-order chi connectivity index (χ0) is 19.7. The van der Waals surface area contributed by atoms with Gasteiger partial charge in [-0.05, 0) is 48.5 Å². The van der Waals surface area contributed by atoms with E-state index >= 15 is 0 Å². The van der Waals surface area contributed by atoms with E-state index in [9.17, 15) is 9.59 Å². The van der Waals surface area contributed by atoms with Crippen molar-refractivity contribution in [2.24, 2.45) is 4.99 Å². The molecule has 0 unspecified atom stereocenters. The molecular formula is C17H35N5O3. The number of nitrogens with zero attached hydrogens (tertiary/aromatic N) is 2. The Morgan fingerprint density at radius 2 is 1.68 bits per heavy atom. The van der Waals surface area contributed by atoms with Gasteiger partial charge in [0.1, 0.15) is 12.1 Å². The molecule has 0 heterocycles. The highest BCUT2D eigenvalue weighted by Crippen LogP contribution is 2.08. The minimum absolute atomic E-state index is 0.0362. The van der Waals surface area contributed by atoms with Crippen LogP contribution in [0, 0.1) is 0 Å². The number of carbonyl (C=O) groups is 2. The predicted molar refractivity (Wildman–Crippen MR) is 101 cm³/mol. The van der Waals surface area contributed by atoms with Crippen molar-refractivity contribution in [2.45, 2.75) is 59.6 Å². The summed E-state index contributed by atoms with van der Waals surface area (Å²) in [5, 5.41) is 9.02. The number of hydrogen-bond donors (Lipinski definition) is 3. The van der Waals surface area contributed by atoms with Gasteiger partial charge in [-0.25, -0.2) is 9.79 Å². The molecule has 0 saturated carbocycles. The standard InChI is InChI=1S/C17H35N5O3/c1-9-18-14(20-12-13(23)21-16(2,3)4)19-10-11-22(8)15(24)25-17(5,6)7/h9-12H2,1-8H3,(H,21,23)(H2,18,19,20). The summed E-state index contributed by atoms with van der Waals surface area (Å²) in [6, 6.07) is 0. The van der Waals surface area contributed by atoms with E-state index in [2.05, 4.69) is 20.9 Å². The number of likely N-dealkylation sites (N-methyl/N-ethyl adjacent to an activating group) is 1. The van der Waals surface area contributed by atoms with E-state index in [1.54, 1.807) is 7.05 Å². The van der Waals surface area contributed by atoms with Gasteiger partial charge in [0.15, 0.2) is 5.96 Å². The van der Waals surface area contributed by atoms with Crippen LogP contribution in [0.15, 0.2) is 4.99 Å². The summed E-state index contributed by atoms with van der Waals surface area (Å²) in [4.78, 5) is 29.5. The second-order valence-electron chi connectivity index (χ2n) is 7.82. The van der Waals surface area contributed by atoms with E-state index < -0.39 is 5.60 Å². The summed E-state index contributed by atoms with van der Waals surface area (Å²) in [7, 11) is 1.68. The van der Waals surface area contributed by atoms with Crippen molar-refractivity contribution < 1.29 is 14.3 Å². The topological polar surface area (TPSA) is 95.1 Å². The largest absolute Gasteiger partial charge is 0.444 e. The van der Waals surface area contributed by atoms with E-state index in [0.29, 0.717) is 25.6 Å². The number of hydrogen-bond acceptors (Lipinski definition) is 4. The van der Waals surface area contributed by atoms with E-state index in [4.69, 9.17) is 4.74 Å². The molecule has 0 spiro atoms. The number of nitrogens with one attached hydrogen (secondary N) is 3. The molecule has 0 aliphatic carbocycles. The van der Waals surface area contributed by atoms with Gasteiger partial charge in [0.05, 0.1) is 0 Å². The molecule has 0 aliphatic heterocycles. The van der Waals surface area contributed by atoms with Crippen LogP contribution in [0.25, 0.3) is 0 Å². The third-order valence-electron chi connectivity index (χ3n) is 2.68. The van der Waals surface area contributed by atoms with Crippen molar-refractivity contribution >= 4 is 18.0 Å². The van der Waals surface area contributed by atoms with Gasteiger partial charge in [-0.3, -0.25) is 4.79 Å². The lowest BCUT2D eigenvalue weighted by molar-refractivity contribution is -0.121. The first-order chi connectivity index (χ1) is 11.3. The number of ether oxygens (including phenoxy) is 1. The lowest BCUT2D eigenvalue weighted by atomic mass is 10.1. The van der Waals surface area contributed by atoms with Gasteiger partial charge in [-0.1, -0.05) is 0 Å². The average Bonchev–Trinajstić information content (AvgIpc) is 2.40. The third-order valence-corrected chi connectivity index (χ3v) is 2.68. The molecule has 146 valence electrons. The Hall–Kier alpha value is -1.99. The summed E-state index contributed by atoms with van der Waals surface area (Å²) in [5.74, 6) is 0.389. The van der Waals surface area contributed by atoms with Gasteiger partial charge in [0, 0.05) is 32.2 Å². The summed E-state index contributed by atoms with van der Waals surface area (Å²) in [5.41, 5.74) is -0.802. The molecule has 2 amide bonds. The lowest BCUT2D eigenvalue weighted by Crippen LogP contribution is -2.45. The van der Waals surface area contributed by atoms with Gasteiger partial charge in [0.2, 0.25) is 5.91 Å². The molecule has 0 fully saturated rings. The first kappa shape index (κ1) is 23.0. The highest BCUT2D eigenvalue weighted by molar-refractivity contribution is 5.85. The second-order valence-corrected chi connectivity index (χ2v) is 7.82. The molecule has 0 rings (SSSR count). The fraction of sp³-hybridized carbons (Fsp3) is 0.824. The molecule has 25 heavy (non-hydrogen) atoms. The molecule has 8 nitrogen and oxygen atoms in total. The Kier molecular flexibility index (Phi) is 9.30. The second kappa shape index (κ2) is 10.1. The summed E-state index contributed by atoms with van der Waals surface area (Å²) >= 11 is 0. The van der Waals surface area contributed by atoms with E-state index in [1.807, 2.05) is 48.5 Å². The van der Waals surface area contributed by atoms with Crippen LogP contribution in [-0.4, -0.2) is 67.2 Å². The maximum absolute atomic E-state index is 11.9. The summed E-state index contributed by atoms with van der Waals surface area (Å²) < 4.78 is 5.29. The Morgan fingerprint density at radius 3 is 2.16 bits per heavy atom. The Bertz CT molecular complexity index is 464. The fourth-order valence-corrected chi connectivity index (χ4v) is 1.72. The molecular weight excluding hydrogens is 322 g/mol. The quantitative estimate of drug-likeness (QED) is 0.492. The average molecular weight is 357 g/mol.